The van der Waals surface area contributed by atoms with Crippen molar-refractivity contribution in [2.75, 3.05) is 19.7 Å². The molecule has 1 spiro atoms. The summed E-state index contributed by atoms with van der Waals surface area (Å²) in [4.78, 5) is 20.0. The standard InChI is InChI=1S/C13H18N4O2.ClH/c18-12(11-8-14-4-5-16-11)17-10-1-6-19-13(7-10)2-3-15-9-13;/h4-5,8,10,15H,1-3,6-7,9H2,(H,17,18);1H/t10-,13+;/m0./s1. The average Bonchev–Trinajstić information content (AvgIpc) is 2.88. The molecule has 0 unspecified atom stereocenters. The Balaban J connectivity index is 0.00000147. The lowest BCUT2D eigenvalue weighted by molar-refractivity contribution is -0.0732. The first kappa shape index (κ1) is 15.2. The van der Waals surface area contributed by atoms with Crippen molar-refractivity contribution in [3.05, 3.63) is 24.3 Å². The molecule has 7 heteroatoms. The maximum absolute atomic E-state index is 12.0. The molecule has 3 heterocycles. The van der Waals surface area contributed by atoms with E-state index in [-0.39, 0.29) is 30.0 Å². The number of aromatic nitrogens is 2. The van der Waals surface area contributed by atoms with Crippen molar-refractivity contribution in [3.8, 4) is 0 Å². The van der Waals surface area contributed by atoms with Crippen molar-refractivity contribution in [2.24, 2.45) is 0 Å². The lowest BCUT2D eigenvalue weighted by Crippen LogP contribution is -2.49. The molecule has 110 valence electrons. The molecule has 3 rings (SSSR count). The van der Waals surface area contributed by atoms with E-state index in [1.165, 1.54) is 12.4 Å². The molecular formula is C13H19ClN4O2. The minimum atomic E-state index is -0.152. The van der Waals surface area contributed by atoms with Gasteiger partial charge in [-0.1, -0.05) is 0 Å². The highest BCUT2D eigenvalue weighted by Gasteiger charge is 2.40. The van der Waals surface area contributed by atoms with E-state index in [0.29, 0.717) is 12.3 Å². The third-order valence-corrected chi connectivity index (χ3v) is 3.83. The van der Waals surface area contributed by atoms with Crippen LogP contribution in [0.5, 0.6) is 0 Å². The largest absolute Gasteiger partial charge is 0.373 e. The van der Waals surface area contributed by atoms with E-state index in [4.69, 9.17) is 4.74 Å². The first-order valence-electron chi connectivity index (χ1n) is 6.69. The molecule has 2 aliphatic heterocycles. The van der Waals surface area contributed by atoms with Crippen LogP contribution in [0.1, 0.15) is 29.8 Å². The van der Waals surface area contributed by atoms with Gasteiger partial charge in [-0.05, 0) is 25.8 Å². The van der Waals surface area contributed by atoms with Crippen LogP contribution in [0.3, 0.4) is 0 Å². The summed E-state index contributed by atoms with van der Waals surface area (Å²) >= 11 is 0. The maximum Gasteiger partial charge on any atom is 0.271 e. The number of ether oxygens (including phenoxy) is 1. The second-order valence-electron chi connectivity index (χ2n) is 5.21. The van der Waals surface area contributed by atoms with Crippen LogP contribution in [0.25, 0.3) is 0 Å². The molecule has 6 nitrogen and oxygen atoms in total. The maximum atomic E-state index is 12.0. The van der Waals surface area contributed by atoms with Crippen LogP contribution < -0.4 is 10.6 Å². The van der Waals surface area contributed by atoms with Gasteiger partial charge in [0.05, 0.1) is 11.8 Å². The molecule has 2 fully saturated rings. The first-order valence-corrected chi connectivity index (χ1v) is 6.69. The molecule has 2 aliphatic rings. The molecule has 2 N–H and O–H groups in total. The molecule has 1 amide bonds. The fourth-order valence-corrected chi connectivity index (χ4v) is 2.84. The zero-order valence-corrected chi connectivity index (χ0v) is 12.0. The molecule has 0 aromatic carbocycles. The number of rotatable bonds is 2. The van der Waals surface area contributed by atoms with Gasteiger partial charge < -0.3 is 15.4 Å². The van der Waals surface area contributed by atoms with Crippen LogP contribution in [-0.2, 0) is 4.74 Å². The molecule has 20 heavy (non-hydrogen) atoms. The minimum absolute atomic E-state index is 0. The molecular weight excluding hydrogens is 280 g/mol. The normalized spacial score (nSPS) is 28.9. The summed E-state index contributed by atoms with van der Waals surface area (Å²) in [5.74, 6) is -0.152. The Labute approximate surface area is 124 Å². The number of hydrogen-bond acceptors (Lipinski definition) is 5. The van der Waals surface area contributed by atoms with E-state index in [1.807, 2.05) is 0 Å². The predicted octanol–water partition coefficient (Wildman–Crippen LogP) is 0.539. The quantitative estimate of drug-likeness (QED) is 0.833. The summed E-state index contributed by atoms with van der Waals surface area (Å²) < 4.78 is 5.90. The van der Waals surface area contributed by atoms with Crippen molar-refractivity contribution >= 4 is 18.3 Å². The number of amides is 1. The number of halogens is 1. The molecule has 2 atom stereocenters. The van der Waals surface area contributed by atoms with Crippen molar-refractivity contribution in [3.63, 3.8) is 0 Å². The predicted molar refractivity (Wildman–Crippen MR) is 75.9 cm³/mol. The van der Waals surface area contributed by atoms with Crippen LogP contribution in [0.2, 0.25) is 0 Å². The average molecular weight is 299 g/mol. The fourth-order valence-electron chi connectivity index (χ4n) is 2.84. The number of carbonyl (C=O) groups is 1. The van der Waals surface area contributed by atoms with Crippen LogP contribution >= 0.6 is 12.4 Å². The summed E-state index contributed by atoms with van der Waals surface area (Å²) in [6.07, 6.45) is 7.32. The topological polar surface area (TPSA) is 76.1 Å². The third kappa shape index (κ3) is 3.26. The summed E-state index contributed by atoms with van der Waals surface area (Å²) in [5, 5.41) is 6.37. The monoisotopic (exact) mass is 298 g/mol. The van der Waals surface area contributed by atoms with Gasteiger partial charge in [0.1, 0.15) is 5.69 Å². The highest BCUT2D eigenvalue weighted by molar-refractivity contribution is 5.92. The zero-order valence-electron chi connectivity index (χ0n) is 11.2. The number of nitrogens with one attached hydrogen (secondary N) is 2. The van der Waals surface area contributed by atoms with Crippen LogP contribution in [-0.4, -0.2) is 47.2 Å². The lowest BCUT2D eigenvalue weighted by atomic mass is 9.89. The van der Waals surface area contributed by atoms with Crippen molar-refractivity contribution in [1.82, 2.24) is 20.6 Å². The van der Waals surface area contributed by atoms with E-state index in [2.05, 4.69) is 20.6 Å². The van der Waals surface area contributed by atoms with Crippen LogP contribution in [0, 0.1) is 0 Å². The van der Waals surface area contributed by atoms with Gasteiger partial charge in [0.25, 0.3) is 5.91 Å². The van der Waals surface area contributed by atoms with Gasteiger partial charge in [-0.3, -0.25) is 9.78 Å². The number of nitrogens with zero attached hydrogens (tertiary/aromatic N) is 2. The van der Waals surface area contributed by atoms with Crippen molar-refractivity contribution < 1.29 is 9.53 Å². The lowest BCUT2D eigenvalue weighted by Gasteiger charge is -2.37. The smallest absolute Gasteiger partial charge is 0.271 e. The Kier molecular flexibility index (Phi) is 4.91. The van der Waals surface area contributed by atoms with Gasteiger partial charge in [-0.25, -0.2) is 4.98 Å². The summed E-state index contributed by atoms with van der Waals surface area (Å²) in [6, 6.07) is 0.156. The highest BCUT2D eigenvalue weighted by atomic mass is 35.5. The van der Waals surface area contributed by atoms with E-state index in [9.17, 15) is 4.79 Å². The van der Waals surface area contributed by atoms with Gasteiger partial charge in [0, 0.05) is 31.6 Å². The first-order chi connectivity index (χ1) is 9.27. The summed E-state index contributed by atoms with van der Waals surface area (Å²) in [5.41, 5.74) is 0.283. The van der Waals surface area contributed by atoms with Crippen LogP contribution in [0.4, 0.5) is 0 Å². The van der Waals surface area contributed by atoms with Gasteiger partial charge >= 0.3 is 0 Å². The summed E-state index contributed by atoms with van der Waals surface area (Å²) in [7, 11) is 0. The number of carbonyl (C=O) groups excluding carboxylic acids is 1. The van der Waals surface area contributed by atoms with Crippen LogP contribution in [0.15, 0.2) is 18.6 Å². The SMILES string of the molecule is Cl.O=C(N[C@H]1CCO[C@]2(CCNC2)C1)c1cnccn1. The van der Waals surface area contributed by atoms with E-state index in [1.54, 1.807) is 6.20 Å². The Hall–Kier alpha value is -1.24. The molecule has 0 bridgehead atoms. The third-order valence-electron chi connectivity index (χ3n) is 3.83. The second kappa shape index (κ2) is 6.47. The van der Waals surface area contributed by atoms with Gasteiger partial charge in [0.15, 0.2) is 0 Å². The van der Waals surface area contributed by atoms with Gasteiger partial charge in [-0.15, -0.1) is 12.4 Å². The van der Waals surface area contributed by atoms with E-state index >= 15 is 0 Å². The summed E-state index contributed by atoms with van der Waals surface area (Å²) in [6.45, 7) is 2.57. The Morgan fingerprint density at radius 3 is 3.10 bits per heavy atom. The molecule has 2 saturated heterocycles. The Bertz CT molecular complexity index is 451. The highest BCUT2D eigenvalue weighted by Crippen LogP contribution is 2.30. The van der Waals surface area contributed by atoms with Gasteiger partial charge in [-0.2, -0.15) is 0 Å². The molecule has 0 radical (unpaired) electrons. The fraction of sp³-hybridized carbons (Fsp3) is 0.615. The van der Waals surface area contributed by atoms with Crippen molar-refractivity contribution in [1.29, 1.82) is 0 Å². The minimum Gasteiger partial charge on any atom is -0.373 e. The second-order valence-corrected chi connectivity index (χ2v) is 5.21. The Morgan fingerprint density at radius 2 is 2.40 bits per heavy atom. The molecule has 0 saturated carbocycles. The molecule has 1 aromatic rings. The molecule has 1 aromatic heterocycles. The van der Waals surface area contributed by atoms with Gasteiger partial charge in [0.2, 0.25) is 0 Å². The molecule has 0 aliphatic carbocycles. The van der Waals surface area contributed by atoms with Crippen molar-refractivity contribution in [2.45, 2.75) is 30.9 Å². The van der Waals surface area contributed by atoms with E-state index < -0.39 is 0 Å². The van der Waals surface area contributed by atoms with E-state index in [0.717, 1.165) is 32.4 Å². The zero-order chi connectivity index (χ0) is 13.1. The number of hydrogen-bond donors (Lipinski definition) is 2. The Morgan fingerprint density at radius 1 is 1.50 bits per heavy atom.